The average Bonchev–Trinajstić information content (AvgIpc) is 3.49. The molecule has 1 aromatic heterocycles. The van der Waals surface area contributed by atoms with Gasteiger partial charge in [-0.05, 0) is 107 Å². The lowest BCUT2D eigenvalue weighted by molar-refractivity contribution is 1.63. The van der Waals surface area contributed by atoms with Crippen LogP contribution in [0.3, 0.4) is 0 Å². The number of hydrogen-bond donors (Lipinski definition) is 0. The number of hydrogen-bond acceptors (Lipinski definition) is 1. The Morgan fingerprint density at radius 2 is 0.787 bits per heavy atom. The van der Waals surface area contributed by atoms with Gasteiger partial charge in [0.15, 0.2) is 0 Å². The quantitative estimate of drug-likeness (QED) is 0.174. The second-order valence-corrected chi connectivity index (χ2v) is 13.5. The maximum Gasteiger partial charge on any atom is 0.0361 e. The molecule has 0 aliphatic carbocycles. The lowest BCUT2D eigenvalue weighted by atomic mass is 9.85. The topological polar surface area (TPSA) is 0 Å². The van der Waals surface area contributed by atoms with Crippen molar-refractivity contribution in [3.05, 3.63) is 170 Å². The van der Waals surface area contributed by atoms with Crippen molar-refractivity contribution in [3.63, 3.8) is 0 Å². The summed E-state index contributed by atoms with van der Waals surface area (Å²) in [7, 11) is 0. The number of thiophene rings is 1. The van der Waals surface area contributed by atoms with Gasteiger partial charge in [-0.25, -0.2) is 0 Å². The fourth-order valence-electron chi connectivity index (χ4n) is 7.69. The van der Waals surface area contributed by atoms with Crippen LogP contribution < -0.4 is 0 Å². The van der Waals surface area contributed by atoms with Crippen molar-refractivity contribution in [2.45, 2.75) is 0 Å². The van der Waals surface area contributed by atoms with E-state index in [-0.39, 0.29) is 0 Å². The first-order valence-corrected chi connectivity index (χ1v) is 17.0. The maximum absolute atomic E-state index is 2.43. The van der Waals surface area contributed by atoms with Gasteiger partial charge in [-0.1, -0.05) is 140 Å². The van der Waals surface area contributed by atoms with Crippen molar-refractivity contribution in [1.82, 2.24) is 0 Å². The molecule has 10 aromatic rings. The Bertz CT molecular complexity index is 2790. The molecule has 0 bridgehead atoms. The Morgan fingerprint density at radius 3 is 1.49 bits per heavy atom. The van der Waals surface area contributed by atoms with Crippen molar-refractivity contribution < 1.29 is 0 Å². The van der Waals surface area contributed by atoms with Gasteiger partial charge in [0.2, 0.25) is 0 Å². The maximum atomic E-state index is 2.43. The van der Waals surface area contributed by atoms with Crippen LogP contribution in [0, 0.1) is 0 Å². The molecule has 0 radical (unpaired) electrons. The largest absolute Gasteiger partial charge is 0.135 e. The third-order valence-corrected chi connectivity index (χ3v) is 10.9. The summed E-state index contributed by atoms with van der Waals surface area (Å²) >= 11 is 1.89. The Labute approximate surface area is 276 Å². The highest BCUT2D eigenvalue weighted by atomic mass is 32.1. The third kappa shape index (κ3) is 4.14. The molecule has 0 fully saturated rings. The molecular weight excluding hydrogens is 585 g/mol. The fourth-order valence-corrected chi connectivity index (χ4v) is 8.80. The van der Waals surface area contributed by atoms with Crippen LogP contribution in [0.5, 0.6) is 0 Å². The minimum Gasteiger partial charge on any atom is -0.135 e. The van der Waals surface area contributed by atoms with Gasteiger partial charge in [0.05, 0.1) is 0 Å². The van der Waals surface area contributed by atoms with Crippen LogP contribution in [0.4, 0.5) is 0 Å². The predicted molar refractivity (Wildman–Crippen MR) is 206 cm³/mol. The molecule has 0 nitrogen and oxygen atoms in total. The lowest BCUT2D eigenvalue weighted by Gasteiger charge is -2.18. The molecule has 0 aliphatic rings. The predicted octanol–water partition coefficient (Wildman–Crippen LogP) is 13.7. The van der Waals surface area contributed by atoms with E-state index in [0.717, 1.165) is 0 Å². The van der Waals surface area contributed by atoms with Gasteiger partial charge in [-0.15, -0.1) is 11.3 Å². The Kier molecular flexibility index (Phi) is 5.85. The van der Waals surface area contributed by atoms with E-state index >= 15 is 0 Å². The second-order valence-electron chi connectivity index (χ2n) is 12.5. The zero-order valence-corrected chi connectivity index (χ0v) is 26.4. The average molecular weight is 613 g/mol. The summed E-state index contributed by atoms with van der Waals surface area (Å²) in [5.41, 5.74) is 7.58. The van der Waals surface area contributed by atoms with Gasteiger partial charge >= 0.3 is 0 Å². The first-order valence-electron chi connectivity index (χ1n) is 16.2. The summed E-state index contributed by atoms with van der Waals surface area (Å²) < 4.78 is 2.67. The summed E-state index contributed by atoms with van der Waals surface area (Å²) in [6.07, 6.45) is 0. The van der Waals surface area contributed by atoms with E-state index < -0.39 is 0 Å². The normalized spacial score (nSPS) is 11.8. The van der Waals surface area contributed by atoms with Crippen LogP contribution in [-0.2, 0) is 0 Å². The lowest BCUT2D eigenvalue weighted by Crippen LogP contribution is -1.91. The zero-order chi connectivity index (χ0) is 30.9. The van der Waals surface area contributed by atoms with Gasteiger partial charge in [-0.2, -0.15) is 0 Å². The molecule has 47 heavy (non-hydrogen) atoms. The smallest absolute Gasteiger partial charge is 0.0361 e. The molecule has 0 spiro atoms. The Hall–Kier alpha value is -5.76. The van der Waals surface area contributed by atoms with Crippen molar-refractivity contribution in [3.8, 4) is 33.4 Å². The summed E-state index contributed by atoms with van der Waals surface area (Å²) in [6.45, 7) is 0. The molecule has 218 valence electrons. The minimum absolute atomic E-state index is 1.24. The number of benzene rings is 9. The van der Waals surface area contributed by atoms with Gasteiger partial charge in [0.1, 0.15) is 0 Å². The first-order chi connectivity index (χ1) is 23.3. The van der Waals surface area contributed by atoms with Gasteiger partial charge in [-0.3, -0.25) is 0 Å². The van der Waals surface area contributed by atoms with Crippen LogP contribution in [0.2, 0.25) is 0 Å². The highest BCUT2D eigenvalue weighted by molar-refractivity contribution is 7.25. The zero-order valence-electron chi connectivity index (χ0n) is 25.6. The second kappa shape index (κ2) is 10.4. The van der Waals surface area contributed by atoms with E-state index in [1.807, 2.05) is 11.3 Å². The van der Waals surface area contributed by atoms with Crippen molar-refractivity contribution in [2.75, 3.05) is 0 Å². The van der Waals surface area contributed by atoms with Crippen molar-refractivity contribution in [2.24, 2.45) is 0 Å². The monoisotopic (exact) mass is 612 g/mol. The van der Waals surface area contributed by atoms with Gasteiger partial charge in [0.25, 0.3) is 0 Å². The first kappa shape index (κ1) is 26.5. The number of rotatable bonds is 3. The van der Waals surface area contributed by atoms with Gasteiger partial charge < -0.3 is 0 Å². The highest BCUT2D eigenvalue weighted by Gasteiger charge is 2.18. The van der Waals surface area contributed by atoms with Crippen LogP contribution in [0.1, 0.15) is 0 Å². The molecule has 0 N–H and O–H groups in total. The molecule has 9 aromatic carbocycles. The SMILES string of the molecule is c1cc(-c2cccc3ccccc23)cc(-c2c3ccccc3c(-c3ccc4sc5cc6ccccc6cc5c4c3)c3ccccc23)c1. The Balaban J connectivity index is 1.23. The molecule has 0 saturated carbocycles. The molecule has 1 heteroatoms. The van der Waals surface area contributed by atoms with E-state index in [1.54, 1.807) is 0 Å². The number of fused-ring (bicyclic) bond motifs is 7. The van der Waals surface area contributed by atoms with E-state index in [4.69, 9.17) is 0 Å². The summed E-state index contributed by atoms with van der Waals surface area (Å²) in [6, 6.07) is 62.8. The minimum atomic E-state index is 1.24. The highest BCUT2D eigenvalue weighted by Crippen LogP contribution is 2.46. The molecule has 1 heterocycles. The summed E-state index contributed by atoms with van der Waals surface area (Å²) in [4.78, 5) is 0. The molecule has 0 aliphatic heterocycles. The third-order valence-electron chi connectivity index (χ3n) is 9.81. The van der Waals surface area contributed by atoms with E-state index in [1.165, 1.54) is 96.6 Å². The van der Waals surface area contributed by atoms with E-state index in [2.05, 4.69) is 170 Å². The van der Waals surface area contributed by atoms with Crippen molar-refractivity contribution >= 4 is 74.6 Å². The van der Waals surface area contributed by atoms with Crippen LogP contribution >= 0.6 is 11.3 Å². The van der Waals surface area contributed by atoms with E-state index in [0.29, 0.717) is 0 Å². The molecule has 10 rings (SSSR count). The molecule has 0 saturated heterocycles. The molecular formula is C46H28S. The summed E-state index contributed by atoms with van der Waals surface area (Å²) in [5.74, 6) is 0. The molecule has 0 unspecified atom stereocenters. The van der Waals surface area contributed by atoms with E-state index in [9.17, 15) is 0 Å². The molecule has 0 atom stereocenters. The van der Waals surface area contributed by atoms with Crippen LogP contribution in [-0.4, -0.2) is 0 Å². The standard InChI is InChI=1S/C46H28S/c1-2-13-31-28-44-42(26-30(31)12-1)41-27-34(23-24-43(41)47-44)46-39-20-7-5-18-37(39)45(38-19-6-8-21-40(38)46)33-16-9-15-32(25-33)36-22-10-14-29-11-3-4-17-35(29)36/h1-28H. The van der Waals surface area contributed by atoms with Crippen molar-refractivity contribution in [1.29, 1.82) is 0 Å². The van der Waals surface area contributed by atoms with Crippen LogP contribution in [0.15, 0.2) is 170 Å². The van der Waals surface area contributed by atoms with Gasteiger partial charge in [0, 0.05) is 20.2 Å². The summed E-state index contributed by atoms with van der Waals surface area (Å²) in [5, 5.41) is 12.9. The fraction of sp³-hybridized carbons (Fsp3) is 0. The van der Waals surface area contributed by atoms with Crippen LogP contribution in [0.25, 0.3) is 96.6 Å². The Morgan fingerprint density at radius 1 is 0.277 bits per heavy atom. The molecule has 0 amide bonds.